The maximum absolute atomic E-state index is 6.53. The molecule has 4 heteroatoms. The van der Waals surface area contributed by atoms with Crippen molar-refractivity contribution in [2.45, 2.75) is 5.38 Å². The average Bonchev–Trinajstić information content (AvgIpc) is 2.49. The van der Waals surface area contributed by atoms with Crippen LogP contribution >= 0.6 is 34.8 Å². The zero-order chi connectivity index (χ0) is 14.5. The highest BCUT2D eigenvalue weighted by molar-refractivity contribution is 6.43. The van der Waals surface area contributed by atoms with Gasteiger partial charge >= 0.3 is 0 Å². The Labute approximate surface area is 133 Å². The highest BCUT2D eigenvalue weighted by atomic mass is 35.5. The minimum absolute atomic E-state index is 0.339. The molecule has 0 radical (unpaired) electrons. The first-order valence-electron chi connectivity index (χ1n) is 6.05. The smallest absolute Gasteiger partial charge is 0.144 e. The second kappa shape index (κ2) is 7.03. The van der Waals surface area contributed by atoms with Gasteiger partial charge in [-0.15, -0.1) is 11.6 Å². The van der Waals surface area contributed by atoms with Gasteiger partial charge < -0.3 is 4.74 Å². The summed E-state index contributed by atoms with van der Waals surface area (Å²) in [7, 11) is 0. The summed E-state index contributed by atoms with van der Waals surface area (Å²) < 4.78 is 5.62. The van der Waals surface area contributed by atoms with Gasteiger partial charge in [0.2, 0.25) is 0 Å². The molecule has 0 N–H and O–H groups in total. The molecule has 1 atom stereocenters. The van der Waals surface area contributed by atoms with E-state index in [0.29, 0.717) is 22.4 Å². The van der Waals surface area contributed by atoms with Crippen LogP contribution in [0.4, 0.5) is 0 Å². The minimum atomic E-state index is -0.356. The summed E-state index contributed by atoms with van der Waals surface area (Å²) in [5, 5.41) is 0.449. The maximum Gasteiger partial charge on any atom is 0.144 e. The first kappa shape index (κ1) is 15.2. The summed E-state index contributed by atoms with van der Waals surface area (Å²) in [6.45, 7) is 3.97. The SMILES string of the molecule is C=CCOc1c(C(Cl)c2ccccc2)ccc(Cl)c1Cl. The lowest BCUT2D eigenvalue weighted by molar-refractivity contribution is 0.359. The topological polar surface area (TPSA) is 9.23 Å². The van der Waals surface area contributed by atoms with Crippen LogP contribution in [0.3, 0.4) is 0 Å². The summed E-state index contributed by atoms with van der Waals surface area (Å²) in [6.07, 6.45) is 1.65. The minimum Gasteiger partial charge on any atom is -0.488 e. The van der Waals surface area contributed by atoms with Gasteiger partial charge in [0.15, 0.2) is 0 Å². The molecule has 0 bridgehead atoms. The highest BCUT2D eigenvalue weighted by Crippen LogP contribution is 2.42. The molecule has 0 saturated carbocycles. The van der Waals surface area contributed by atoms with E-state index in [4.69, 9.17) is 39.5 Å². The summed E-state index contributed by atoms with van der Waals surface area (Å²) in [5.74, 6) is 0.503. The zero-order valence-electron chi connectivity index (χ0n) is 10.7. The summed E-state index contributed by atoms with van der Waals surface area (Å²) in [4.78, 5) is 0. The maximum atomic E-state index is 6.53. The number of benzene rings is 2. The fourth-order valence-electron chi connectivity index (χ4n) is 1.84. The molecule has 0 aromatic heterocycles. The number of rotatable bonds is 5. The Balaban J connectivity index is 2.45. The van der Waals surface area contributed by atoms with E-state index in [0.717, 1.165) is 11.1 Å². The van der Waals surface area contributed by atoms with Gasteiger partial charge in [-0.05, 0) is 11.6 Å². The van der Waals surface area contributed by atoms with Crippen LogP contribution in [0.25, 0.3) is 0 Å². The molecule has 0 aliphatic heterocycles. The van der Waals surface area contributed by atoms with Crippen LogP contribution in [-0.4, -0.2) is 6.61 Å². The van der Waals surface area contributed by atoms with E-state index >= 15 is 0 Å². The molecular weight excluding hydrogens is 315 g/mol. The van der Waals surface area contributed by atoms with Gasteiger partial charge in [0.25, 0.3) is 0 Å². The molecule has 0 saturated heterocycles. The predicted octanol–water partition coefficient (Wildman–Crippen LogP) is 5.89. The van der Waals surface area contributed by atoms with Crippen molar-refractivity contribution in [1.29, 1.82) is 0 Å². The molecule has 2 aromatic rings. The molecule has 2 aromatic carbocycles. The van der Waals surface area contributed by atoms with Gasteiger partial charge in [0, 0.05) is 5.56 Å². The van der Waals surface area contributed by atoms with Crippen molar-refractivity contribution in [3.05, 3.63) is 76.3 Å². The Kier molecular flexibility index (Phi) is 5.36. The Morgan fingerprint density at radius 2 is 1.80 bits per heavy atom. The second-order valence-electron chi connectivity index (χ2n) is 4.15. The first-order chi connectivity index (χ1) is 9.65. The van der Waals surface area contributed by atoms with E-state index in [9.17, 15) is 0 Å². The summed E-state index contributed by atoms with van der Waals surface area (Å²) in [5.41, 5.74) is 1.75. The molecule has 0 heterocycles. The van der Waals surface area contributed by atoms with Crippen molar-refractivity contribution >= 4 is 34.8 Å². The normalized spacial score (nSPS) is 11.9. The van der Waals surface area contributed by atoms with Crippen molar-refractivity contribution in [3.63, 3.8) is 0 Å². The van der Waals surface area contributed by atoms with Crippen LogP contribution in [-0.2, 0) is 0 Å². The molecule has 0 amide bonds. The van der Waals surface area contributed by atoms with Crippen LogP contribution in [0.1, 0.15) is 16.5 Å². The molecule has 1 nitrogen and oxygen atoms in total. The molecule has 0 spiro atoms. The van der Waals surface area contributed by atoms with E-state index in [1.165, 1.54) is 0 Å². The Morgan fingerprint density at radius 1 is 1.10 bits per heavy atom. The molecule has 2 rings (SSSR count). The lowest BCUT2D eigenvalue weighted by Gasteiger charge is -2.17. The van der Waals surface area contributed by atoms with Crippen molar-refractivity contribution in [1.82, 2.24) is 0 Å². The molecular formula is C16H13Cl3O. The quantitative estimate of drug-likeness (QED) is 0.491. The molecule has 20 heavy (non-hydrogen) atoms. The lowest BCUT2D eigenvalue weighted by Crippen LogP contribution is -2.01. The lowest BCUT2D eigenvalue weighted by atomic mass is 10.0. The van der Waals surface area contributed by atoms with E-state index < -0.39 is 0 Å². The van der Waals surface area contributed by atoms with Gasteiger partial charge in [0.05, 0.1) is 10.4 Å². The van der Waals surface area contributed by atoms with Gasteiger partial charge in [-0.2, -0.15) is 0 Å². The van der Waals surface area contributed by atoms with E-state index in [-0.39, 0.29) is 5.38 Å². The third-order valence-electron chi connectivity index (χ3n) is 2.79. The largest absolute Gasteiger partial charge is 0.488 e. The number of alkyl halides is 1. The molecule has 104 valence electrons. The van der Waals surface area contributed by atoms with Gasteiger partial charge in [-0.3, -0.25) is 0 Å². The zero-order valence-corrected chi connectivity index (χ0v) is 12.9. The molecule has 0 fully saturated rings. The molecule has 0 aliphatic carbocycles. The van der Waals surface area contributed by atoms with Crippen molar-refractivity contribution in [3.8, 4) is 5.75 Å². The Hall–Kier alpha value is -1.15. The third kappa shape index (κ3) is 3.29. The second-order valence-corrected chi connectivity index (χ2v) is 5.37. The Morgan fingerprint density at radius 3 is 2.45 bits per heavy atom. The number of hydrogen-bond donors (Lipinski definition) is 0. The van der Waals surface area contributed by atoms with Crippen molar-refractivity contribution in [2.75, 3.05) is 6.61 Å². The van der Waals surface area contributed by atoms with Gasteiger partial charge in [-0.1, -0.05) is 72.3 Å². The van der Waals surface area contributed by atoms with Crippen molar-refractivity contribution < 1.29 is 4.74 Å². The van der Waals surface area contributed by atoms with Crippen LogP contribution in [0.15, 0.2) is 55.1 Å². The standard InChI is InChI=1S/C16H13Cl3O/c1-2-10-20-16-12(8-9-13(17)15(16)19)14(18)11-6-4-3-5-7-11/h2-9,14H,1,10H2. The summed E-state index contributed by atoms with van der Waals surface area (Å²) in [6, 6.07) is 13.3. The fraction of sp³-hybridized carbons (Fsp3) is 0.125. The fourth-order valence-corrected chi connectivity index (χ4v) is 2.53. The Bertz CT molecular complexity index is 596. The molecule has 1 unspecified atom stereocenters. The third-order valence-corrected chi connectivity index (χ3v) is 4.07. The number of ether oxygens (including phenoxy) is 1. The molecule has 0 aliphatic rings. The van der Waals surface area contributed by atoms with Crippen LogP contribution < -0.4 is 4.74 Å². The van der Waals surface area contributed by atoms with Gasteiger partial charge in [-0.25, -0.2) is 0 Å². The van der Waals surface area contributed by atoms with E-state index in [1.54, 1.807) is 12.1 Å². The number of halogens is 3. The number of hydrogen-bond acceptors (Lipinski definition) is 1. The summed E-state index contributed by atoms with van der Waals surface area (Å²) >= 11 is 18.8. The highest BCUT2D eigenvalue weighted by Gasteiger charge is 2.19. The van der Waals surface area contributed by atoms with Crippen LogP contribution in [0.2, 0.25) is 10.0 Å². The average molecular weight is 328 g/mol. The predicted molar refractivity (Wildman–Crippen MR) is 86.3 cm³/mol. The first-order valence-corrected chi connectivity index (χ1v) is 7.25. The van der Waals surface area contributed by atoms with Gasteiger partial charge in [0.1, 0.15) is 17.4 Å². The van der Waals surface area contributed by atoms with E-state index in [1.807, 2.05) is 36.4 Å². The van der Waals surface area contributed by atoms with Crippen molar-refractivity contribution in [2.24, 2.45) is 0 Å². The van der Waals surface area contributed by atoms with Crippen LogP contribution in [0, 0.1) is 0 Å². The monoisotopic (exact) mass is 326 g/mol. The van der Waals surface area contributed by atoms with Crippen LogP contribution in [0.5, 0.6) is 5.75 Å². The van der Waals surface area contributed by atoms with E-state index in [2.05, 4.69) is 6.58 Å².